The third-order valence-electron chi connectivity index (χ3n) is 2.65. The molecule has 1 aromatic rings. The molecule has 0 amide bonds. The van der Waals surface area contributed by atoms with Gasteiger partial charge in [0.05, 0.1) is 11.7 Å². The monoisotopic (exact) mass is 254 g/mol. The predicted octanol–water partition coefficient (Wildman–Crippen LogP) is 2.97. The molecule has 0 spiro atoms. The highest BCUT2D eigenvalue weighted by atomic mass is 79.9. The van der Waals surface area contributed by atoms with Crippen LogP contribution in [0.25, 0.3) is 0 Å². The molecule has 1 aromatic heterocycles. The molecule has 3 heteroatoms. The molecule has 0 unspecified atom stereocenters. The van der Waals surface area contributed by atoms with Crippen LogP contribution >= 0.6 is 15.9 Å². The molecule has 14 heavy (non-hydrogen) atoms. The Labute approximate surface area is 93.3 Å². The Hall–Kier alpha value is -0.410. The normalized spacial score (nSPS) is 22.3. The molecule has 1 saturated heterocycles. The predicted molar refractivity (Wildman–Crippen MR) is 61.3 cm³/mol. The molecule has 2 heterocycles. The van der Waals surface area contributed by atoms with Crippen molar-refractivity contribution in [1.82, 2.24) is 10.3 Å². The lowest BCUT2D eigenvalue weighted by Gasteiger charge is -2.23. The first-order valence-electron chi connectivity index (χ1n) is 5.13. The number of nitrogens with one attached hydrogen (secondary N) is 1. The van der Waals surface area contributed by atoms with E-state index in [4.69, 9.17) is 0 Å². The van der Waals surface area contributed by atoms with E-state index < -0.39 is 0 Å². The highest BCUT2D eigenvalue weighted by Gasteiger charge is 2.18. The van der Waals surface area contributed by atoms with Crippen molar-refractivity contribution in [2.75, 3.05) is 6.54 Å². The lowest BCUT2D eigenvalue weighted by Crippen LogP contribution is -2.27. The van der Waals surface area contributed by atoms with Gasteiger partial charge >= 0.3 is 0 Å². The van der Waals surface area contributed by atoms with Crippen LogP contribution in [-0.4, -0.2) is 11.5 Å². The first-order valence-corrected chi connectivity index (χ1v) is 5.92. The minimum absolute atomic E-state index is 0.443. The Morgan fingerprint density at radius 2 is 2.36 bits per heavy atom. The van der Waals surface area contributed by atoms with Gasteiger partial charge in [0.1, 0.15) is 0 Å². The van der Waals surface area contributed by atoms with Gasteiger partial charge in [-0.1, -0.05) is 6.42 Å². The van der Waals surface area contributed by atoms with Crippen molar-refractivity contribution >= 4 is 15.9 Å². The summed E-state index contributed by atoms with van der Waals surface area (Å²) in [5.41, 5.74) is 2.37. The molecule has 76 valence electrons. The van der Waals surface area contributed by atoms with E-state index in [1.807, 2.05) is 6.20 Å². The number of aryl methyl sites for hydroxylation is 1. The molecular weight excluding hydrogens is 240 g/mol. The number of nitrogens with zero attached hydrogens (tertiary/aromatic N) is 1. The van der Waals surface area contributed by atoms with Crippen LogP contribution in [0.2, 0.25) is 0 Å². The van der Waals surface area contributed by atoms with Crippen molar-refractivity contribution in [2.45, 2.75) is 32.2 Å². The van der Waals surface area contributed by atoms with Crippen LogP contribution < -0.4 is 5.32 Å². The van der Waals surface area contributed by atoms with Gasteiger partial charge in [0, 0.05) is 10.7 Å². The molecule has 2 nitrogen and oxygen atoms in total. The highest BCUT2D eigenvalue weighted by molar-refractivity contribution is 9.10. The smallest absolute Gasteiger partial charge is 0.0715 e. The maximum absolute atomic E-state index is 4.49. The quantitative estimate of drug-likeness (QED) is 0.834. The lowest BCUT2D eigenvalue weighted by molar-refractivity contribution is 0.404. The molecule has 1 aliphatic heterocycles. The summed E-state index contributed by atoms with van der Waals surface area (Å²) in [5.74, 6) is 0. The number of piperidine rings is 1. The summed E-state index contributed by atoms with van der Waals surface area (Å²) in [7, 11) is 0. The average molecular weight is 255 g/mol. The van der Waals surface area contributed by atoms with E-state index in [0.717, 1.165) is 16.7 Å². The van der Waals surface area contributed by atoms with Crippen molar-refractivity contribution < 1.29 is 0 Å². The Balaban J connectivity index is 2.22. The van der Waals surface area contributed by atoms with E-state index >= 15 is 0 Å². The fourth-order valence-corrected chi connectivity index (χ4v) is 2.63. The van der Waals surface area contributed by atoms with E-state index in [1.54, 1.807) is 0 Å². The van der Waals surface area contributed by atoms with Gasteiger partial charge in [0.25, 0.3) is 0 Å². The molecule has 0 aliphatic carbocycles. The first-order chi connectivity index (χ1) is 6.77. The van der Waals surface area contributed by atoms with E-state index in [0.29, 0.717) is 6.04 Å². The molecule has 0 radical (unpaired) electrons. The molecule has 1 N–H and O–H groups in total. The van der Waals surface area contributed by atoms with Crippen LogP contribution in [0.15, 0.2) is 16.7 Å². The number of hydrogen-bond donors (Lipinski definition) is 1. The van der Waals surface area contributed by atoms with Gasteiger partial charge in [-0.2, -0.15) is 0 Å². The Bertz CT molecular complexity index is 319. The third kappa shape index (κ3) is 2.15. The van der Waals surface area contributed by atoms with Gasteiger partial charge in [0.15, 0.2) is 0 Å². The summed E-state index contributed by atoms with van der Waals surface area (Å²) < 4.78 is 1.14. The Kier molecular flexibility index (Phi) is 3.19. The van der Waals surface area contributed by atoms with Gasteiger partial charge in [-0.15, -0.1) is 0 Å². The van der Waals surface area contributed by atoms with E-state index in [-0.39, 0.29) is 0 Å². The summed E-state index contributed by atoms with van der Waals surface area (Å²) in [5, 5.41) is 3.50. The van der Waals surface area contributed by atoms with Crippen LogP contribution in [-0.2, 0) is 0 Å². The van der Waals surface area contributed by atoms with Crippen molar-refractivity contribution in [1.29, 1.82) is 0 Å². The minimum Gasteiger partial charge on any atom is -0.309 e. The van der Waals surface area contributed by atoms with Crippen molar-refractivity contribution in [3.05, 3.63) is 28.0 Å². The highest BCUT2D eigenvalue weighted by Crippen LogP contribution is 2.27. The van der Waals surface area contributed by atoms with Crippen LogP contribution in [0.1, 0.15) is 36.6 Å². The summed E-state index contributed by atoms with van der Waals surface area (Å²) in [6.07, 6.45) is 5.74. The zero-order valence-corrected chi connectivity index (χ0v) is 9.97. The topological polar surface area (TPSA) is 24.9 Å². The molecular formula is C11H15BrN2. The molecule has 1 fully saturated rings. The molecule has 1 aliphatic rings. The van der Waals surface area contributed by atoms with Crippen LogP contribution in [0, 0.1) is 6.92 Å². The van der Waals surface area contributed by atoms with Crippen molar-refractivity contribution in [2.24, 2.45) is 0 Å². The van der Waals surface area contributed by atoms with Gasteiger partial charge in [-0.3, -0.25) is 4.98 Å². The molecule has 0 aromatic carbocycles. The second-order valence-electron chi connectivity index (χ2n) is 3.88. The minimum atomic E-state index is 0.443. The van der Waals surface area contributed by atoms with Crippen molar-refractivity contribution in [3.8, 4) is 0 Å². The van der Waals surface area contributed by atoms with E-state index in [2.05, 4.69) is 39.2 Å². The van der Waals surface area contributed by atoms with Gasteiger partial charge in [0.2, 0.25) is 0 Å². The van der Waals surface area contributed by atoms with E-state index in [9.17, 15) is 0 Å². The van der Waals surface area contributed by atoms with Gasteiger partial charge in [-0.05, 0) is 53.9 Å². The average Bonchev–Trinajstić information content (AvgIpc) is 2.19. The Morgan fingerprint density at radius 1 is 1.50 bits per heavy atom. The fraction of sp³-hybridized carbons (Fsp3) is 0.545. The Morgan fingerprint density at radius 3 is 3.00 bits per heavy atom. The number of hydrogen-bond acceptors (Lipinski definition) is 2. The molecule has 1 atom stereocenters. The van der Waals surface area contributed by atoms with Crippen LogP contribution in [0.5, 0.6) is 0 Å². The zero-order chi connectivity index (χ0) is 9.97. The zero-order valence-electron chi connectivity index (χ0n) is 8.39. The van der Waals surface area contributed by atoms with Gasteiger partial charge < -0.3 is 5.32 Å². The number of aromatic nitrogens is 1. The van der Waals surface area contributed by atoms with Gasteiger partial charge in [-0.25, -0.2) is 0 Å². The molecule has 0 bridgehead atoms. The van der Waals surface area contributed by atoms with Crippen LogP contribution in [0.4, 0.5) is 0 Å². The number of rotatable bonds is 1. The molecule has 2 rings (SSSR count). The standard InChI is InChI=1S/C11H15BrN2/c1-8-6-9(12)11(14-7-8)10-4-2-3-5-13-10/h6-7,10,13H,2-5H2,1H3/t10-/m1/s1. The second kappa shape index (κ2) is 4.41. The first kappa shape index (κ1) is 10.1. The number of halogens is 1. The van der Waals surface area contributed by atoms with Crippen LogP contribution in [0.3, 0.4) is 0 Å². The maximum Gasteiger partial charge on any atom is 0.0715 e. The number of pyridine rings is 1. The largest absolute Gasteiger partial charge is 0.309 e. The lowest BCUT2D eigenvalue weighted by atomic mass is 10.0. The van der Waals surface area contributed by atoms with Crippen molar-refractivity contribution in [3.63, 3.8) is 0 Å². The summed E-state index contributed by atoms with van der Waals surface area (Å²) >= 11 is 3.58. The molecule has 0 saturated carbocycles. The maximum atomic E-state index is 4.49. The summed E-state index contributed by atoms with van der Waals surface area (Å²) in [4.78, 5) is 4.49. The third-order valence-corrected chi connectivity index (χ3v) is 3.28. The fourth-order valence-electron chi connectivity index (χ4n) is 1.89. The summed E-state index contributed by atoms with van der Waals surface area (Å²) in [6.45, 7) is 3.18. The van der Waals surface area contributed by atoms with E-state index in [1.165, 1.54) is 24.8 Å². The SMILES string of the molecule is Cc1cnc([C@H]2CCCCN2)c(Br)c1. The summed E-state index contributed by atoms with van der Waals surface area (Å²) in [6, 6.07) is 2.58. The second-order valence-corrected chi connectivity index (χ2v) is 4.74.